The summed E-state index contributed by atoms with van der Waals surface area (Å²) in [7, 11) is -1.98. The predicted molar refractivity (Wildman–Crippen MR) is 76.3 cm³/mol. The minimum atomic E-state index is -3.54. The van der Waals surface area contributed by atoms with Crippen molar-refractivity contribution in [2.45, 2.75) is 24.9 Å². The number of sulfonamides is 1. The summed E-state index contributed by atoms with van der Waals surface area (Å²) in [4.78, 5) is 0.204. The van der Waals surface area contributed by atoms with Gasteiger partial charge in [0, 0.05) is 20.1 Å². The Morgan fingerprint density at radius 2 is 2.05 bits per heavy atom. The van der Waals surface area contributed by atoms with Gasteiger partial charge in [-0.15, -0.1) is 0 Å². The molecular formula is C13H18N4O2S. The number of nitrogens with one attached hydrogen (secondary N) is 1. The van der Waals surface area contributed by atoms with E-state index in [0.29, 0.717) is 18.8 Å². The molecule has 6 nitrogen and oxygen atoms in total. The summed E-state index contributed by atoms with van der Waals surface area (Å²) >= 11 is 0. The first kappa shape index (κ1) is 14.7. The van der Waals surface area contributed by atoms with E-state index in [1.54, 1.807) is 14.0 Å². The minimum absolute atomic E-state index is 0.204. The molecule has 0 aliphatic rings. The molecule has 0 unspecified atom stereocenters. The lowest BCUT2D eigenvalue weighted by atomic mass is 10.1. The first-order valence-corrected chi connectivity index (χ1v) is 7.63. The number of hydrogen-bond acceptors (Lipinski definition) is 4. The van der Waals surface area contributed by atoms with Crippen LogP contribution in [0.5, 0.6) is 0 Å². The van der Waals surface area contributed by atoms with Crippen LogP contribution in [0.3, 0.4) is 0 Å². The Bertz CT molecular complexity index is 694. The van der Waals surface area contributed by atoms with E-state index in [-0.39, 0.29) is 4.90 Å². The number of nitrogens with two attached hydrogens (primary N) is 1. The number of hydrogen-bond donors (Lipinski definition) is 2. The highest BCUT2D eigenvalue weighted by atomic mass is 32.2. The van der Waals surface area contributed by atoms with E-state index in [2.05, 4.69) is 10.2 Å². The molecule has 3 N–H and O–H groups in total. The predicted octanol–water partition coefficient (Wildman–Crippen LogP) is 0.998. The molecule has 108 valence electrons. The fourth-order valence-corrected chi connectivity index (χ4v) is 3.24. The largest absolute Gasteiger partial charge is 0.326 e. The van der Waals surface area contributed by atoms with Gasteiger partial charge in [0.2, 0.25) is 10.0 Å². The van der Waals surface area contributed by atoms with Gasteiger partial charge in [0.15, 0.2) is 0 Å². The van der Waals surface area contributed by atoms with Crippen LogP contribution in [-0.2, 0) is 23.1 Å². The molecule has 0 atom stereocenters. The van der Waals surface area contributed by atoms with Gasteiger partial charge < -0.3 is 5.73 Å². The fourth-order valence-electron chi connectivity index (χ4n) is 1.96. The van der Waals surface area contributed by atoms with E-state index in [0.717, 1.165) is 11.1 Å². The van der Waals surface area contributed by atoms with Gasteiger partial charge in [-0.05, 0) is 18.1 Å². The number of aromatic amines is 1. The molecule has 0 spiro atoms. The summed E-state index contributed by atoms with van der Waals surface area (Å²) in [6.07, 6.45) is 1.33. The molecule has 1 heterocycles. The van der Waals surface area contributed by atoms with Crippen molar-refractivity contribution in [3.8, 4) is 0 Å². The van der Waals surface area contributed by atoms with Crippen molar-refractivity contribution >= 4 is 10.0 Å². The highest BCUT2D eigenvalue weighted by Gasteiger charge is 2.24. The summed E-state index contributed by atoms with van der Waals surface area (Å²) in [5.41, 5.74) is 8.01. The summed E-state index contributed by atoms with van der Waals surface area (Å²) < 4.78 is 26.1. The zero-order valence-corrected chi connectivity index (χ0v) is 12.3. The SMILES string of the molecule is Cc1[nH]ncc1S(=O)(=O)N(C)Cc1cccc(CN)c1. The van der Waals surface area contributed by atoms with Gasteiger partial charge in [0.1, 0.15) is 4.90 Å². The van der Waals surface area contributed by atoms with Crippen LogP contribution in [0.25, 0.3) is 0 Å². The van der Waals surface area contributed by atoms with E-state index < -0.39 is 10.0 Å². The summed E-state index contributed by atoms with van der Waals surface area (Å²) in [5, 5.41) is 6.40. The molecule has 1 aromatic heterocycles. The number of rotatable bonds is 5. The van der Waals surface area contributed by atoms with Crippen LogP contribution in [0, 0.1) is 6.92 Å². The maximum absolute atomic E-state index is 12.4. The number of aryl methyl sites for hydroxylation is 1. The lowest BCUT2D eigenvalue weighted by molar-refractivity contribution is 0.466. The maximum atomic E-state index is 12.4. The van der Waals surface area contributed by atoms with Crippen molar-refractivity contribution in [2.75, 3.05) is 7.05 Å². The molecular weight excluding hydrogens is 276 g/mol. The maximum Gasteiger partial charge on any atom is 0.246 e. The second-order valence-corrected chi connectivity index (χ2v) is 6.66. The lowest BCUT2D eigenvalue weighted by Gasteiger charge is -2.17. The zero-order valence-electron chi connectivity index (χ0n) is 11.5. The van der Waals surface area contributed by atoms with Crippen molar-refractivity contribution in [1.82, 2.24) is 14.5 Å². The second-order valence-electron chi connectivity index (χ2n) is 4.64. The molecule has 0 fully saturated rings. The highest BCUT2D eigenvalue weighted by molar-refractivity contribution is 7.89. The third kappa shape index (κ3) is 2.90. The van der Waals surface area contributed by atoms with Gasteiger partial charge in [0.05, 0.1) is 11.9 Å². The minimum Gasteiger partial charge on any atom is -0.326 e. The average molecular weight is 294 g/mol. The van der Waals surface area contributed by atoms with E-state index in [9.17, 15) is 8.42 Å². The van der Waals surface area contributed by atoms with Gasteiger partial charge in [0.25, 0.3) is 0 Å². The monoisotopic (exact) mass is 294 g/mol. The molecule has 0 amide bonds. The van der Waals surface area contributed by atoms with Gasteiger partial charge in [-0.2, -0.15) is 9.40 Å². The summed E-state index contributed by atoms with van der Waals surface area (Å²) in [6.45, 7) is 2.41. The quantitative estimate of drug-likeness (QED) is 0.860. The van der Waals surface area contributed by atoms with Gasteiger partial charge in [-0.1, -0.05) is 24.3 Å². The third-order valence-electron chi connectivity index (χ3n) is 3.10. The Morgan fingerprint density at radius 3 is 2.65 bits per heavy atom. The van der Waals surface area contributed by atoms with Crippen molar-refractivity contribution in [3.63, 3.8) is 0 Å². The molecule has 7 heteroatoms. The highest BCUT2D eigenvalue weighted by Crippen LogP contribution is 2.18. The van der Waals surface area contributed by atoms with Crippen molar-refractivity contribution in [2.24, 2.45) is 5.73 Å². The number of benzene rings is 1. The third-order valence-corrected chi connectivity index (χ3v) is 5.02. The van der Waals surface area contributed by atoms with Gasteiger partial charge in [-0.3, -0.25) is 5.10 Å². The van der Waals surface area contributed by atoms with Crippen LogP contribution < -0.4 is 5.73 Å². The summed E-state index contributed by atoms with van der Waals surface area (Å²) in [5.74, 6) is 0. The van der Waals surface area contributed by atoms with E-state index in [1.165, 1.54) is 10.5 Å². The van der Waals surface area contributed by atoms with E-state index in [4.69, 9.17) is 5.73 Å². The number of H-pyrrole nitrogens is 1. The molecule has 0 bridgehead atoms. The molecule has 0 radical (unpaired) electrons. The van der Waals surface area contributed by atoms with Crippen LogP contribution >= 0.6 is 0 Å². The van der Waals surface area contributed by atoms with Crippen LogP contribution in [0.4, 0.5) is 0 Å². The molecule has 1 aromatic carbocycles. The van der Waals surface area contributed by atoms with Crippen molar-refractivity contribution < 1.29 is 8.42 Å². The van der Waals surface area contributed by atoms with Crippen LogP contribution in [0.15, 0.2) is 35.4 Å². The fraction of sp³-hybridized carbons (Fsp3) is 0.308. The Morgan fingerprint density at radius 1 is 1.35 bits per heavy atom. The Labute approximate surface area is 118 Å². The molecule has 0 saturated heterocycles. The molecule has 2 aromatic rings. The molecule has 20 heavy (non-hydrogen) atoms. The van der Waals surface area contributed by atoms with Crippen molar-refractivity contribution in [1.29, 1.82) is 0 Å². The number of nitrogens with zero attached hydrogens (tertiary/aromatic N) is 2. The Balaban J connectivity index is 2.23. The first-order chi connectivity index (χ1) is 9.45. The van der Waals surface area contributed by atoms with Crippen LogP contribution in [0.1, 0.15) is 16.8 Å². The van der Waals surface area contributed by atoms with E-state index in [1.807, 2.05) is 24.3 Å². The molecule has 0 aliphatic heterocycles. The molecule has 0 aliphatic carbocycles. The summed E-state index contributed by atoms with van der Waals surface area (Å²) in [6, 6.07) is 7.58. The first-order valence-electron chi connectivity index (χ1n) is 6.19. The average Bonchev–Trinajstić information content (AvgIpc) is 2.86. The topological polar surface area (TPSA) is 92.1 Å². The molecule has 2 rings (SSSR count). The standard InChI is InChI=1S/C13H18N4O2S/c1-10-13(8-15-16-10)20(18,19)17(2)9-12-5-3-4-11(6-12)7-14/h3-6,8H,7,9,14H2,1-2H3,(H,15,16). The number of aromatic nitrogens is 2. The van der Waals surface area contributed by atoms with Crippen LogP contribution in [0.2, 0.25) is 0 Å². The van der Waals surface area contributed by atoms with Crippen molar-refractivity contribution in [3.05, 3.63) is 47.3 Å². The Hall–Kier alpha value is -1.70. The van der Waals surface area contributed by atoms with Gasteiger partial charge in [-0.25, -0.2) is 8.42 Å². The van der Waals surface area contributed by atoms with E-state index >= 15 is 0 Å². The van der Waals surface area contributed by atoms with Crippen LogP contribution in [-0.4, -0.2) is 30.0 Å². The smallest absolute Gasteiger partial charge is 0.246 e. The normalized spacial score (nSPS) is 12.0. The Kier molecular flexibility index (Phi) is 4.22. The van der Waals surface area contributed by atoms with Gasteiger partial charge >= 0.3 is 0 Å². The lowest BCUT2D eigenvalue weighted by Crippen LogP contribution is -2.26. The second kappa shape index (κ2) is 5.74. The molecule has 0 saturated carbocycles. The zero-order chi connectivity index (χ0) is 14.8.